The van der Waals surface area contributed by atoms with Gasteiger partial charge in [-0.15, -0.1) is 0 Å². The second-order valence-electron chi connectivity index (χ2n) is 5.68. The Bertz CT molecular complexity index is 318. The minimum atomic E-state index is -0.506. The van der Waals surface area contributed by atoms with Gasteiger partial charge in [-0.05, 0) is 20.8 Å². The van der Waals surface area contributed by atoms with Crippen molar-refractivity contribution in [2.75, 3.05) is 13.2 Å². The van der Waals surface area contributed by atoms with Crippen molar-refractivity contribution in [2.45, 2.75) is 51.3 Å². The molecule has 2 heterocycles. The molecule has 0 aromatic heterocycles. The first-order valence-corrected chi connectivity index (χ1v) is 5.97. The zero-order valence-electron chi connectivity index (χ0n) is 10.6. The highest BCUT2D eigenvalue weighted by molar-refractivity contribution is 5.83. The molecule has 0 aliphatic carbocycles. The van der Waals surface area contributed by atoms with Gasteiger partial charge >= 0.3 is 6.09 Å². The molecular formula is C12H19NO4. The summed E-state index contributed by atoms with van der Waals surface area (Å²) in [5, 5.41) is 0. The van der Waals surface area contributed by atoms with Crippen LogP contribution in [-0.2, 0) is 14.3 Å². The third-order valence-electron chi connectivity index (χ3n) is 2.94. The van der Waals surface area contributed by atoms with E-state index >= 15 is 0 Å². The lowest BCUT2D eigenvalue weighted by Gasteiger charge is -2.44. The van der Waals surface area contributed by atoms with Crippen LogP contribution in [0, 0.1) is 0 Å². The maximum absolute atomic E-state index is 12.1. The maximum Gasteiger partial charge on any atom is 0.410 e. The summed E-state index contributed by atoms with van der Waals surface area (Å²) in [5.74, 6) is 0.211. The molecule has 2 atom stereocenters. The number of carbonyl (C=O) groups excluding carboxylic acids is 2. The van der Waals surface area contributed by atoms with Crippen LogP contribution < -0.4 is 0 Å². The van der Waals surface area contributed by atoms with E-state index in [9.17, 15) is 9.59 Å². The second-order valence-corrected chi connectivity index (χ2v) is 5.68. The summed E-state index contributed by atoms with van der Waals surface area (Å²) in [6.07, 6.45) is 0.439. The van der Waals surface area contributed by atoms with Gasteiger partial charge in [-0.1, -0.05) is 0 Å². The largest absolute Gasteiger partial charge is 0.444 e. The molecule has 2 rings (SSSR count). The number of morpholine rings is 1. The molecular weight excluding hydrogens is 222 g/mol. The van der Waals surface area contributed by atoms with E-state index in [1.54, 1.807) is 4.90 Å². The van der Waals surface area contributed by atoms with E-state index < -0.39 is 5.60 Å². The Morgan fingerprint density at radius 2 is 1.82 bits per heavy atom. The first kappa shape index (κ1) is 12.4. The van der Waals surface area contributed by atoms with Gasteiger partial charge in [-0.3, -0.25) is 9.69 Å². The average molecular weight is 241 g/mol. The Balaban J connectivity index is 2.09. The highest BCUT2D eigenvalue weighted by Crippen LogP contribution is 2.27. The Hall–Kier alpha value is -1.10. The van der Waals surface area contributed by atoms with Crippen LogP contribution in [0.4, 0.5) is 4.79 Å². The predicted molar refractivity (Wildman–Crippen MR) is 60.7 cm³/mol. The summed E-state index contributed by atoms with van der Waals surface area (Å²) in [5.41, 5.74) is -0.506. The first-order valence-electron chi connectivity index (χ1n) is 5.97. The minimum Gasteiger partial charge on any atom is -0.444 e. The molecule has 0 unspecified atom stereocenters. The lowest BCUT2D eigenvalue weighted by atomic mass is 9.94. The lowest BCUT2D eigenvalue weighted by molar-refractivity contribution is -0.134. The molecule has 17 heavy (non-hydrogen) atoms. The molecule has 5 heteroatoms. The Morgan fingerprint density at radius 1 is 1.29 bits per heavy atom. The summed E-state index contributed by atoms with van der Waals surface area (Å²) >= 11 is 0. The van der Waals surface area contributed by atoms with Gasteiger partial charge in [0, 0.05) is 12.8 Å². The number of rotatable bonds is 0. The molecule has 0 saturated carbocycles. The van der Waals surface area contributed by atoms with Crippen molar-refractivity contribution in [1.29, 1.82) is 0 Å². The van der Waals surface area contributed by atoms with Crippen molar-refractivity contribution in [2.24, 2.45) is 0 Å². The van der Waals surface area contributed by atoms with Crippen LogP contribution in [-0.4, -0.2) is 47.7 Å². The van der Waals surface area contributed by atoms with Gasteiger partial charge in [0.2, 0.25) is 0 Å². The summed E-state index contributed by atoms with van der Waals surface area (Å²) in [6, 6.07) is -0.297. The number of piperidine rings is 1. The fraction of sp³-hybridized carbons (Fsp3) is 0.833. The number of carbonyl (C=O) groups is 2. The topological polar surface area (TPSA) is 55.8 Å². The Kier molecular flexibility index (Phi) is 3.12. The molecule has 2 bridgehead atoms. The number of nitrogens with zero attached hydrogens (tertiary/aromatic N) is 1. The smallest absolute Gasteiger partial charge is 0.410 e. The predicted octanol–water partition coefficient (Wildman–Crippen LogP) is 1.35. The summed E-state index contributed by atoms with van der Waals surface area (Å²) in [6.45, 7) is 6.38. The van der Waals surface area contributed by atoms with Gasteiger partial charge in [0.25, 0.3) is 0 Å². The summed E-state index contributed by atoms with van der Waals surface area (Å²) < 4.78 is 10.8. The quantitative estimate of drug-likeness (QED) is 0.642. The molecule has 5 nitrogen and oxygen atoms in total. The normalized spacial score (nSPS) is 29.1. The van der Waals surface area contributed by atoms with Crippen molar-refractivity contribution < 1.29 is 19.1 Å². The van der Waals surface area contributed by atoms with E-state index in [-0.39, 0.29) is 24.0 Å². The highest BCUT2D eigenvalue weighted by atomic mass is 16.6. The van der Waals surface area contributed by atoms with Gasteiger partial charge in [-0.2, -0.15) is 0 Å². The molecule has 0 aromatic carbocycles. The van der Waals surface area contributed by atoms with Crippen LogP contribution in [0.2, 0.25) is 0 Å². The molecule has 1 amide bonds. The third-order valence-corrected chi connectivity index (χ3v) is 2.94. The van der Waals surface area contributed by atoms with E-state index in [0.717, 1.165) is 0 Å². The van der Waals surface area contributed by atoms with Crippen LogP contribution in [0.5, 0.6) is 0 Å². The Labute approximate surface area is 101 Å². The van der Waals surface area contributed by atoms with E-state index in [1.807, 2.05) is 20.8 Å². The molecule has 0 N–H and O–H groups in total. The molecule has 2 aliphatic rings. The van der Waals surface area contributed by atoms with Gasteiger partial charge in [0.15, 0.2) is 0 Å². The van der Waals surface area contributed by atoms with Crippen molar-refractivity contribution >= 4 is 11.9 Å². The zero-order chi connectivity index (χ0) is 12.6. The van der Waals surface area contributed by atoms with Crippen LogP contribution in [0.15, 0.2) is 0 Å². The molecule has 2 saturated heterocycles. The van der Waals surface area contributed by atoms with Gasteiger partial charge in [0.1, 0.15) is 11.4 Å². The molecule has 0 spiro atoms. The first-order chi connectivity index (χ1) is 7.87. The summed E-state index contributed by atoms with van der Waals surface area (Å²) in [4.78, 5) is 25.3. The molecule has 96 valence electrons. The fourth-order valence-electron chi connectivity index (χ4n) is 2.34. The van der Waals surface area contributed by atoms with Crippen molar-refractivity contribution in [1.82, 2.24) is 4.90 Å². The molecule has 2 fully saturated rings. The monoisotopic (exact) mass is 241 g/mol. The van der Waals surface area contributed by atoms with Gasteiger partial charge in [0.05, 0.1) is 25.3 Å². The van der Waals surface area contributed by atoms with E-state index in [0.29, 0.717) is 26.1 Å². The highest BCUT2D eigenvalue weighted by Gasteiger charge is 2.42. The SMILES string of the molecule is CC(C)(C)OC(=O)N1[C@@H]2COC[C@@H]1CC(=O)C2. The molecule has 0 radical (unpaired) electrons. The van der Waals surface area contributed by atoms with Crippen molar-refractivity contribution in [3.8, 4) is 0 Å². The van der Waals surface area contributed by atoms with Crippen molar-refractivity contribution in [3.05, 3.63) is 0 Å². The number of ether oxygens (including phenoxy) is 2. The molecule has 2 aliphatic heterocycles. The van der Waals surface area contributed by atoms with Crippen LogP contribution >= 0.6 is 0 Å². The van der Waals surface area contributed by atoms with Gasteiger partial charge < -0.3 is 9.47 Å². The molecule has 0 aromatic rings. The fourth-order valence-corrected chi connectivity index (χ4v) is 2.34. The summed E-state index contributed by atoms with van der Waals surface area (Å²) in [7, 11) is 0. The number of hydrogen-bond acceptors (Lipinski definition) is 4. The van der Waals surface area contributed by atoms with E-state index in [1.165, 1.54) is 0 Å². The Morgan fingerprint density at radius 3 is 2.29 bits per heavy atom. The number of fused-ring (bicyclic) bond motifs is 2. The zero-order valence-corrected chi connectivity index (χ0v) is 10.6. The minimum absolute atomic E-state index is 0.148. The lowest BCUT2D eigenvalue weighted by Crippen LogP contribution is -2.60. The number of amides is 1. The van der Waals surface area contributed by atoms with Crippen LogP contribution in [0.3, 0.4) is 0 Å². The number of Topliss-reactive ketones (excluding diaryl/α,β-unsaturated/α-hetero) is 1. The van der Waals surface area contributed by atoms with Crippen LogP contribution in [0.1, 0.15) is 33.6 Å². The van der Waals surface area contributed by atoms with Gasteiger partial charge in [-0.25, -0.2) is 4.79 Å². The second kappa shape index (κ2) is 4.29. The third kappa shape index (κ3) is 2.77. The van der Waals surface area contributed by atoms with Crippen LogP contribution in [0.25, 0.3) is 0 Å². The van der Waals surface area contributed by atoms with Crippen molar-refractivity contribution in [3.63, 3.8) is 0 Å². The average Bonchev–Trinajstić information content (AvgIpc) is 2.12. The maximum atomic E-state index is 12.1. The number of ketones is 1. The van der Waals surface area contributed by atoms with E-state index in [2.05, 4.69) is 0 Å². The van der Waals surface area contributed by atoms with E-state index in [4.69, 9.17) is 9.47 Å². The standard InChI is InChI=1S/C12H19NO4/c1-12(2,3)17-11(15)13-8-4-10(14)5-9(13)7-16-6-8/h8-9H,4-7H2,1-3H3/t8-,9-/m0/s1. The number of hydrogen-bond donors (Lipinski definition) is 0.